The highest BCUT2D eigenvalue weighted by Gasteiger charge is 2.58. The van der Waals surface area contributed by atoms with Gasteiger partial charge < -0.3 is 14.8 Å². The number of halogens is 1. The molecule has 0 radical (unpaired) electrons. The maximum absolute atomic E-state index is 14.0. The Morgan fingerprint density at radius 3 is 2.51 bits per heavy atom. The van der Waals surface area contributed by atoms with Gasteiger partial charge in [0.1, 0.15) is 5.75 Å². The number of allylic oxidation sites excluding steroid dienone is 2. The lowest BCUT2D eigenvalue weighted by Crippen LogP contribution is -2.47. The van der Waals surface area contributed by atoms with Crippen molar-refractivity contribution in [2.75, 3.05) is 0 Å². The zero-order valence-electron chi connectivity index (χ0n) is 25.0. The van der Waals surface area contributed by atoms with E-state index in [9.17, 15) is 19.7 Å². The summed E-state index contributed by atoms with van der Waals surface area (Å²) >= 11 is 6.49. The molecule has 2 saturated heterocycles. The summed E-state index contributed by atoms with van der Waals surface area (Å²) in [6, 6.07) is 15.1. The van der Waals surface area contributed by atoms with Crippen molar-refractivity contribution in [3.63, 3.8) is 0 Å². The van der Waals surface area contributed by atoms with Crippen LogP contribution in [-0.2, 0) is 14.2 Å². The van der Waals surface area contributed by atoms with Crippen molar-refractivity contribution < 1.29 is 24.4 Å². The first-order valence-corrected chi connectivity index (χ1v) is 16.3. The van der Waals surface area contributed by atoms with Gasteiger partial charge in [0.05, 0.1) is 23.0 Å². The third-order valence-electron chi connectivity index (χ3n) is 10.0. The molecular weight excluding hydrogens is 561 g/mol. The molecule has 0 bridgehead atoms. The highest BCUT2D eigenvalue weighted by atomic mass is 35.5. The summed E-state index contributed by atoms with van der Waals surface area (Å²) in [5.41, 5.74) is 5.26. The number of amides is 2. The van der Waals surface area contributed by atoms with Gasteiger partial charge in [0, 0.05) is 6.04 Å². The lowest BCUT2D eigenvalue weighted by atomic mass is 9.57. The fourth-order valence-electron chi connectivity index (χ4n) is 8.03. The van der Waals surface area contributed by atoms with E-state index in [1.54, 1.807) is 17.0 Å². The van der Waals surface area contributed by atoms with Crippen molar-refractivity contribution in [3.8, 4) is 5.75 Å². The van der Waals surface area contributed by atoms with Gasteiger partial charge in [-0.1, -0.05) is 80.6 Å². The summed E-state index contributed by atoms with van der Waals surface area (Å²) in [5, 5.41) is 21.3. The molecule has 0 spiro atoms. The summed E-state index contributed by atoms with van der Waals surface area (Å²) in [5.74, 6) is -0.693. The third kappa shape index (κ3) is 5.96. The molecule has 43 heavy (non-hydrogen) atoms. The van der Waals surface area contributed by atoms with Crippen LogP contribution in [0.2, 0.25) is 11.3 Å². The van der Waals surface area contributed by atoms with E-state index in [2.05, 4.69) is 26.0 Å². The van der Waals surface area contributed by atoms with Crippen LogP contribution in [0, 0.1) is 23.7 Å². The van der Waals surface area contributed by atoms with Gasteiger partial charge in [-0.2, -0.15) is 0 Å². The Morgan fingerprint density at radius 2 is 1.81 bits per heavy atom. The average molecular weight is 602 g/mol. The maximum atomic E-state index is 14.0. The van der Waals surface area contributed by atoms with E-state index in [0.29, 0.717) is 30.6 Å². The highest BCUT2D eigenvalue weighted by molar-refractivity contribution is 6.43. The molecule has 2 aromatic carbocycles. The number of aromatic hydroxyl groups is 1. The topological polar surface area (TPSA) is 87.1 Å². The number of phenols is 1. The van der Waals surface area contributed by atoms with Crippen molar-refractivity contribution in [1.82, 2.24) is 4.90 Å². The van der Waals surface area contributed by atoms with Crippen LogP contribution in [0.25, 0.3) is 11.6 Å². The normalized spacial score (nSPS) is 26.8. The van der Waals surface area contributed by atoms with Crippen molar-refractivity contribution in [1.29, 1.82) is 0 Å². The zero-order chi connectivity index (χ0) is 30.2. The molecule has 6 nitrogen and oxygen atoms in total. The zero-order valence-corrected chi connectivity index (χ0v) is 25.8. The van der Waals surface area contributed by atoms with Crippen molar-refractivity contribution in [2.24, 2.45) is 23.7 Å². The van der Waals surface area contributed by atoms with E-state index in [4.69, 9.17) is 16.3 Å². The number of phenolic OH excluding ortho intramolecular Hbond substituents is 1. The van der Waals surface area contributed by atoms with Gasteiger partial charge in [0.2, 0.25) is 11.8 Å². The second kappa shape index (κ2) is 12.6. The van der Waals surface area contributed by atoms with Crippen LogP contribution in [0.3, 0.4) is 0 Å². The number of fused-ring (bicyclic) bond motifs is 3. The van der Waals surface area contributed by atoms with Crippen LogP contribution < -0.4 is 0 Å². The Hall–Kier alpha value is -2.87. The summed E-state index contributed by atoms with van der Waals surface area (Å²) in [7, 11) is -0.992. The lowest BCUT2D eigenvalue weighted by Gasteiger charge is -2.44. The van der Waals surface area contributed by atoms with E-state index in [-0.39, 0.29) is 47.5 Å². The molecule has 1 saturated carbocycles. The van der Waals surface area contributed by atoms with E-state index >= 15 is 0 Å². The van der Waals surface area contributed by atoms with E-state index < -0.39 is 13.0 Å². The number of hydrogen-bond donors (Lipinski definition) is 2. The number of nitrogens with zero attached hydrogens (tertiary/aromatic N) is 1. The van der Waals surface area contributed by atoms with E-state index in [0.717, 1.165) is 54.4 Å². The molecule has 2 heterocycles. The van der Waals surface area contributed by atoms with Gasteiger partial charge >= 0.3 is 7.12 Å². The second-order valence-electron chi connectivity index (χ2n) is 13.0. The first kappa shape index (κ1) is 30.2. The molecule has 0 unspecified atom stereocenters. The van der Waals surface area contributed by atoms with E-state index in [1.807, 2.05) is 24.3 Å². The molecule has 4 aliphatic rings. The summed E-state index contributed by atoms with van der Waals surface area (Å²) in [4.78, 5) is 29.5. The second-order valence-corrected chi connectivity index (χ2v) is 13.4. The smallest absolute Gasteiger partial charge is 0.455 e. The Bertz CT molecular complexity index is 1430. The molecule has 6 rings (SSSR count). The molecule has 226 valence electrons. The molecule has 0 aromatic heterocycles. The Labute approximate surface area is 259 Å². The number of carbonyl (C=O) groups excluding carboxylic acids is 2. The average Bonchev–Trinajstić information content (AvgIpc) is 3.25. The van der Waals surface area contributed by atoms with Gasteiger partial charge in [-0.05, 0) is 96.8 Å². The van der Waals surface area contributed by atoms with Gasteiger partial charge in [-0.3, -0.25) is 14.5 Å². The molecule has 2 aliphatic heterocycles. The van der Waals surface area contributed by atoms with Crippen molar-refractivity contribution in [3.05, 3.63) is 75.8 Å². The number of rotatable bonds is 7. The molecule has 4 atom stereocenters. The van der Waals surface area contributed by atoms with Gasteiger partial charge in [-0.15, -0.1) is 0 Å². The molecular formula is C35H41BClNO5. The standard InChI is InChI=1S/C35H41BClNO5/c1-21(2)27-19-28-33(35(41)38(34(28)40)25-11-7-4-8-12-25)29-20-36(42)43-31(32(27)29)16-14-23(22-9-5-3-6-10-22)17-24-13-15-26(39)18-30(24)37/h3,5-6,9-10,13,15,17-18,21,25,28-29,31,33,39,42H,4,7-8,11-12,14,16,19-20H2,1-2H3/b23-17-/t28-,29+,31-,33-/m1/s1. The predicted octanol–water partition coefficient (Wildman–Crippen LogP) is 7.15. The SMILES string of the molecule is CC(C)C1=C2[C@@H](CC/C(=C/c3ccc(O)cc3Cl)c3ccccc3)OB(O)C[C@@H]2[C@@H]2C(=O)N(C3CCCCC3)C(=O)[C@@H]2C1. The third-order valence-corrected chi connectivity index (χ3v) is 10.4. The Balaban J connectivity index is 1.32. The molecule has 2 N–H and O–H groups in total. The van der Waals surface area contributed by atoms with Gasteiger partial charge in [-0.25, -0.2) is 0 Å². The Kier molecular flexibility index (Phi) is 8.86. The number of likely N-dealkylation sites (tertiary alicyclic amines) is 1. The van der Waals surface area contributed by atoms with Crippen LogP contribution in [0.4, 0.5) is 0 Å². The number of carbonyl (C=O) groups is 2. The van der Waals surface area contributed by atoms with Gasteiger partial charge in [0.25, 0.3) is 0 Å². The summed E-state index contributed by atoms with van der Waals surface area (Å²) in [6.45, 7) is 4.31. The molecule has 2 aliphatic carbocycles. The minimum atomic E-state index is -0.992. The number of benzene rings is 2. The monoisotopic (exact) mass is 601 g/mol. The number of imide groups is 1. The first-order valence-electron chi connectivity index (χ1n) is 15.9. The Morgan fingerprint density at radius 1 is 1.07 bits per heavy atom. The van der Waals surface area contributed by atoms with Crippen molar-refractivity contribution in [2.45, 2.75) is 83.7 Å². The summed E-state index contributed by atoms with van der Waals surface area (Å²) in [6.07, 6.45) is 8.94. The molecule has 2 amide bonds. The predicted molar refractivity (Wildman–Crippen MR) is 170 cm³/mol. The quantitative estimate of drug-likeness (QED) is 0.152. The molecule has 3 fully saturated rings. The minimum absolute atomic E-state index is 0.00305. The van der Waals surface area contributed by atoms with Gasteiger partial charge in [0.15, 0.2) is 0 Å². The molecule has 8 heteroatoms. The molecule has 2 aromatic rings. The van der Waals surface area contributed by atoms with Crippen LogP contribution in [0.1, 0.15) is 76.3 Å². The number of hydrogen-bond acceptors (Lipinski definition) is 5. The summed E-state index contributed by atoms with van der Waals surface area (Å²) < 4.78 is 6.27. The maximum Gasteiger partial charge on any atom is 0.455 e. The van der Waals surface area contributed by atoms with Crippen LogP contribution in [0.15, 0.2) is 59.7 Å². The fraction of sp³-hybridized carbons (Fsp3) is 0.486. The fourth-order valence-corrected chi connectivity index (χ4v) is 8.26. The first-order chi connectivity index (χ1) is 20.7. The van der Waals surface area contributed by atoms with Crippen molar-refractivity contribution >= 4 is 42.2 Å². The van der Waals surface area contributed by atoms with Crippen LogP contribution in [0.5, 0.6) is 5.75 Å². The minimum Gasteiger partial charge on any atom is -0.508 e. The highest BCUT2D eigenvalue weighted by Crippen LogP contribution is 2.53. The lowest BCUT2D eigenvalue weighted by molar-refractivity contribution is -0.143. The van der Waals surface area contributed by atoms with E-state index in [1.165, 1.54) is 11.6 Å². The van der Waals surface area contributed by atoms with Crippen LogP contribution in [-0.4, -0.2) is 46.1 Å². The van der Waals surface area contributed by atoms with Crippen LogP contribution >= 0.6 is 11.6 Å². The largest absolute Gasteiger partial charge is 0.508 e.